The summed E-state index contributed by atoms with van der Waals surface area (Å²) in [5.74, 6) is -0.335. The van der Waals surface area contributed by atoms with E-state index < -0.39 is 17.6 Å². The molecule has 2 aromatic rings. The van der Waals surface area contributed by atoms with Crippen LogP contribution in [0, 0.1) is 6.92 Å². The Morgan fingerprint density at radius 3 is 2.41 bits per heavy atom. The van der Waals surface area contributed by atoms with E-state index in [4.69, 9.17) is 4.74 Å². The van der Waals surface area contributed by atoms with Crippen LogP contribution in [0.15, 0.2) is 53.5 Å². The van der Waals surface area contributed by atoms with Gasteiger partial charge in [0.2, 0.25) is 5.96 Å². The fourth-order valence-corrected chi connectivity index (χ4v) is 2.86. The van der Waals surface area contributed by atoms with Crippen LogP contribution in [0.1, 0.15) is 34.3 Å². The third kappa shape index (κ3) is 6.05. The highest BCUT2D eigenvalue weighted by Crippen LogP contribution is 2.29. The van der Waals surface area contributed by atoms with Gasteiger partial charge in [0.05, 0.1) is 18.2 Å². The number of rotatable bonds is 4. The third-order valence-corrected chi connectivity index (χ3v) is 4.50. The monoisotopic (exact) mass is 405 g/mol. The number of hydrogen-bond acceptors (Lipinski definition) is 3. The number of hydrogen-bond donors (Lipinski definition) is 2. The molecule has 29 heavy (non-hydrogen) atoms. The summed E-state index contributed by atoms with van der Waals surface area (Å²) in [6, 6.07) is 11.6. The van der Waals surface area contributed by atoms with Gasteiger partial charge >= 0.3 is 6.18 Å². The number of aryl methyl sites for hydroxylation is 1. The topological polar surface area (TPSA) is 62.7 Å². The number of guanidine groups is 1. The number of benzene rings is 2. The number of halogens is 3. The Balaban J connectivity index is 1.73. The van der Waals surface area contributed by atoms with Crippen molar-refractivity contribution in [2.45, 2.75) is 32.0 Å². The summed E-state index contributed by atoms with van der Waals surface area (Å²) in [6.45, 7) is 3.03. The van der Waals surface area contributed by atoms with Gasteiger partial charge in [-0.1, -0.05) is 17.7 Å². The average molecular weight is 405 g/mol. The molecule has 1 unspecified atom stereocenters. The summed E-state index contributed by atoms with van der Waals surface area (Å²) in [6.07, 6.45) is -2.59. The van der Waals surface area contributed by atoms with Crippen LogP contribution in [0.3, 0.4) is 0 Å². The largest absolute Gasteiger partial charge is 0.416 e. The van der Waals surface area contributed by atoms with Crippen LogP contribution in [0.5, 0.6) is 0 Å². The molecule has 0 aliphatic carbocycles. The zero-order valence-corrected chi connectivity index (χ0v) is 15.9. The van der Waals surface area contributed by atoms with Crippen molar-refractivity contribution in [1.82, 2.24) is 5.32 Å². The zero-order chi connectivity index (χ0) is 20.9. The standard InChI is InChI=1S/C21H22F3N3O2/c1-14-4-10-17(11-5-14)26-20(25-13-18-3-2-12-29-18)27-19(28)15-6-8-16(9-7-15)21(22,23)24/h4-11,18H,2-3,12-13H2,1H3,(H2,25,26,27,28). The number of amides is 1. The molecule has 1 saturated heterocycles. The smallest absolute Gasteiger partial charge is 0.376 e. The molecule has 1 aliphatic heterocycles. The fourth-order valence-electron chi connectivity index (χ4n) is 2.86. The van der Waals surface area contributed by atoms with Gasteiger partial charge in [0, 0.05) is 17.9 Å². The SMILES string of the molecule is Cc1ccc(NC(=NCC2CCCO2)NC(=O)c2ccc(C(F)(F)F)cc2)cc1. The van der Waals surface area contributed by atoms with Gasteiger partial charge in [-0.3, -0.25) is 10.1 Å². The highest BCUT2D eigenvalue weighted by atomic mass is 19.4. The van der Waals surface area contributed by atoms with Crippen molar-refractivity contribution in [2.75, 3.05) is 18.5 Å². The first-order chi connectivity index (χ1) is 13.8. The van der Waals surface area contributed by atoms with E-state index >= 15 is 0 Å². The molecule has 8 heteroatoms. The molecule has 1 amide bonds. The summed E-state index contributed by atoms with van der Waals surface area (Å²) < 4.78 is 43.7. The van der Waals surface area contributed by atoms with E-state index in [1.54, 1.807) is 0 Å². The van der Waals surface area contributed by atoms with E-state index in [0.717, 1.165) is 48.4 Å². The van der Waals surface area contributed by atoms with Crippen LogP contribution in [-0.4, -0.2) is 31.1 Å². The van der Waals surface area contributed by atoms with Crippen molar-refractivity contribution in [2.24, 2.45) is 4.99 Å². The maximum atomic E-state index is 12.7. The number of nitrogens with zero attached hydrogens (tertiary/aromatic N) is 1. The summed E-state index contributed by atoms with van der Waals surface area (Å²) >= 11 is 0. The normalized spacial score (nSPS) is 17.2. The van der Waals surface area contributed by atoms with Crippen molar-refractivity contribution in [3.8, 4) is 0 Å². The minimum atomic E-state index is -4.45. The van der Waals surface area contributed by atoms with Gasteiger partial charge in [-0.25, -0.2) is 4.99 Å². The van der Waals surface area contributed by atoms with E-state index in [9.17, 15) is 18.0 Å². The molecular formula is C21H22F3N3O2. The van der Waals surface area contributed by atoms with Gasteiger partial charge < -0.3 is 10.1 Å². The molecule has 2 N–H and O–H groups in total. The molecule has 0 spiro atoms. The van der Waals surface area contributed by atoms with Crippen LogP contribution < -0.4 is 10.6 Å². The lowest BCUT2D eigenvalue weighted by Crippen LogP contribution is -2.36. The Bertz CT molecular complexity index is 856. The van der Waals surface area contributed by atoms with Gasteiger partial charge in [-0.05, 0) is 56.2 Å². The Hall–Kier alpha value is -2.87. The molecule has 0 bridgehead atoms. The highest BCUT2D eigenvalue weighted by Gasteiger charge is 2.30. The maximum absolute atomic E-state index is 12.7. The quantitative estimate of drug-likeness (QED) is 0.586. The summed E-state index contributed by atoms with van der Waals surface area (Å²) in [7, 11) is 0. The van der Waals surface area contributed by atoms with E-state index in [-0.39, 0.29) is 17.6 Å². The first kappa shape index (κ1) is 20.9. The van der Waals surface area contributed by atoms with Crippen molar-refractivity contribution in [1.29, 1.82) is 0 Å². The Morgan fingerprint density at radius 2 is 1.83 bits per heavy atom. The molecule has 0 aromatic heterocycles. The molecule has 2 aromatic carbocycles. The van der Waals surface area contributed by atoms with Gasteiger partial charge in [0.1, 0.15) is 0 Å². The lowest BCUT2D eigenvalue weighted by atomic mass is 10.1. The predicted octanol–water partition coefficient (Wildman–Crippen LogP) is 4.39. The van der Waals surface area contributed by atoms with Gasteiger partial charge in [0.15, 0.2) is 0 Å². The van der Waals surface area contributed by atoms with Gasteiger partial charge in [-0.2, -0.15) is 13.2 Å². The summed E-state index contributed by atoms with van der Waals surface area (Å²) in [5.41, 5.74) is 1.12. The minimum Gasteiger partial charge on any atom is -0.376 e. The number of ether oxygens (including phenoxy) is 1. The molecule has 154 valence electrons. The molecular weight excluding hydrogens is 383 g/mol. The van der Waals surface area contributed by atoms with Crippen molar-refractivity contribution in [3.63, 3.8) is 0 Å². The first-order valence-electron chi connectivity index (χ1n) is 9.29. The molecule has 5 nitrogen and oxygen atoms in total. The van der Waals surface area contributed by atoms with Crippen LogP contribution in [0.2, 0.25) is 0 Å². The van der Waals surface area contributed by atoms with Gasteiger partial charge in [-0.15, -0.1) is 0 Å². The third-order valence-electron chi connectivity index (χ3n) is 4.50. The molecule has 1 heterocycles. The predicted molar refractivity (Wildman–Crippen MR) is 105 cm³/mol. The van der Waals surface area contributed by atoms with E-state index in [2.05, 4.69) is 15.6 Å². The number of carbonyl (C=O) groups excluding carboxylic acids is 1. The van der Waals surface area contributed by atoms with Crippen molar-refractivity contribution < 1.29 is 22.7 Å². The number of aliphatic imine (C=N–C) groups is 1. The molecule has 0 saturated carbocycles. The Labute approximate surface area is 167 Å². The van der Waals surface area contributed by atoms with E-state index in [1.165, 1.54) is 0 Å². The number of nitrogens with one attached hydrogen (secondary N) is 2. The Morgan fingerprint density at radius 1 is 1.14 bits per heavy atom. The molecule has 1 atom stereocenters. The number of carbonyl (C=O) groups is 1. The lowest BCUT2D eigenvalue weighted by molar-refractivity contribution is -0.137. The van der Waals surface area contributed by atoms with Crippen LogP contribution >= 0.6 is 0 Å². The average Bonchev–Trinajstić information content (AvgIpc) is 3.21. The first-order valence-corrected chi connectivity index (χ1v) is 9.29. The maximum Gasteiger partial charge on any atom is 0.416 e. The van der Waals surface area contributed by atoms with Crippen LogP contribution in [0.25, 0.3) is 0 Å². The highest BCUT2D eigenvalue weighted by molar-refractivity contribution is 6.09. The number of alkyl halides is 3. The molecule has 1 aliphatic rings. The summed E-state index contributed by atoms with van der Waals surface area (Å²) in [4.78, 5) is 16.9. The van der Waals surface area contributed by atoms with E-state index in [1.807, 2.05) is 31.2 Å². The molecule has 1 fully saturated rings. The minimum absolute atomic E-state index is 0.00668. The Kier molecular flexibility index (Phi) is 6.53. The van der Waals surface area contributed by atoms with E-state index in [0.29, 0.717) is 13.2 Å². The fraction of sp³-hybridized carbons (Fsp3) is 0.333. The van der Waals surface area contributed by atoms with Crippen molar-refractivity contribution in [3.05, 3.63) is 65.2 Å². The van der Waals surface area contributed by atoms with Crippen molar-refractivity contribution >= 4 is 17.6 Å². The number of anilines is 1. The zero-order valence-electron chi connectivity index (χ0n) is 15.9. The van der Waals surface area contributed by atoms with Crippen LogP contribution in [0.4, 0.5) is 18.9 Å². The van der Waals surface area contributed by atoms with Crippen LogP contribution in [-0.2, 0) is 10.9 Å². The summed E-state index contributed by atoms with van der Waals surface area (Å²) in [5, 5.41) is 5.69. The second kappa shape index (κ2) is 9.09. The molecule has 0 radical (unpaired) electrons. The molecule has 3 rings (SSSR count). The second-order valence-corrected chi connectivity index (χ2v) is 6.84. The van der Waals surface area contributed by atoms with Gasteiger partial charge in [0.25, 0.3) is 5.91 Å². The second-order valence-electron chi connectivity index (χ2n) is 6.84. The lowest BCUT2D eigenvalue weighted by Gasteiger charge is -2.14.